The Kier molecular flexibility index (Phi) is 4.39. The molecule has 19 heavy (non-hydrogen) atoms. The van der Waals surface area contributed by atoms with Crippen LogP contribution in [0.3, 0.4) is 0 Å². The third-order valence-electron chi connectivity index (χ3n) is 3.20. The van der Waals surface area contributed by atoms with Crippen LogP contribution in [-0.4, -0.2) is 30.1 Å². The second-order valence-electron chi connectivity index (χ2n) is 4.48. The number of amides is 1. The number of carbonyl (C=O) groups is 2. The van der Waals surface area contributed by atoms with Crippen LogP contribution in [0, 0.1) is 5.92 Å². The first-order chi connectivity index (χ1) is 9.09. The average molecular weight is 283 g/mol. The molecule has 6 heteroatoms. The van der Waals surface area contributed by atoms with Crippen molar-refractivity contribution in [3.8, 4) is 0 Å². The minimum atomic E-state index is -1.15. The highest BCUT2D eigenvalue weighted by molar-refractivity contribution is 6.34. The number of hydrogen-bond acceptors (Lipinski definition) is 3. The summed E-state index contributed by atoms with van der Waals surface area (Å²) in [7, 11) is 0. The Morgan fingerprint density at radius 1 is 1.32 bits per heavy atom. The summed E-state index contributed by atoms with van der Waals surface area (Å²) in [6.45, 7) is 1.61. The number of aromatic carboxylic acids is 1. The molecule has 3 N–H and O–H groups in total. The Bertz CT molecular complexity index is 499. The largest absolute Gasteiger partial charge is 0.478 e. The van der Waals surface area contributed by atoms with Crippen LogP contribution in [0.2, 0.25) is 5.02 Å². The number of anilines is 1. The van der Waals surface area contributed by atoms with E-state index in [0.717, 1.165) is 25.9 Å². The minimum Gasteiger partial charge on any atom is -0.478 e. The molecule has 1 aromatic carbocycles. The van der Waals surface area contributed by atoms with E-state index in [0.29, 0.717) is 0 Å². The topological polar surface area (TPSA) is 78.4 Å². The SMILES string of the molecule is O=C(O)c1c(Cl)cccc1NC(=O)C1CCNCC1. The zero-order valence-corrected chi connectivity index (χ0v) is 11.0. The van der Waals surface area contributed by atoms with Gasteiger partial charge in [-0.25, -0.2) is 4.79 Å². The maximum Gasteiger partial charge on any atom is 0.339 e. The number of benzene rings is 1. The van der Waals surface area contributed by atoms with Crippen LogP contribution < -0.4 is 10.6 Å². The molecule has 1 aliphatic heterocycles. The molecule has 5 nitrogen and oxygen atoms in total. The molecule has 0 saturated carbocycles. The molecule has 0 aromatic heterocycles. The first-order valence-electron chi connectivity index (χ1n) is 6.13. The van der Waals surface area contributed by atoms with Crippen LogP contribution in [-0.2, 0) is 4.79 Å². The third-order valence-corrected chi connectivity index (χ3v) is 3.51. The van der Waals surface area contributed by atoms with Crippen molar-refractivity contribution >= 4 is 29.2 Å². The van der Waals surface area contributed by atoms with Gasteiger partial charge in [0.1, 0.15) is 5.56 Å². The maximum absolute atomic E-state index is 12.1. The highest BCUT2D eigenvalue weighted by Crippen LogP contribution is 2.25. The summed E-state index contributed by atoms with van der Waals surface area (Å²) in [4.78, 5) is 23.2. The first-order valence-corrected chi connectivity index (χ1v) is 6.51. The van der Waals surface area contributed by atoms with Crippen molar-refractivity contribution in [2.24, 2.45) is 5.92 Å². The van der Waals surface area contributed by atoms with Crippen LogP contribution in [0.5, 0.6) is 0 Å². The number of carbonyl (C=O) groups excluding carboxylic acids is 1. The van der Waals surface area contributed by atoms with Gasteiger partial charge >= 0.3 is 5.97 Å². The molecular weight excluding hydrogens is 268 g/mol. The van der Waals surface area contributed by atoms with Gasteiger partial charge in [-0.1, -0.05) is 17.7 Å². The van der Waals surface area contributed by atoms with Crippen molar-refractivity contribution in [1.29, 1.82) is 0 Å². The van der Waals surface area contributed by atoms with Gasteiger partial charge in [0.05, 0.1) is 10.7 Å². The van der Waals surface area contributed by atoms with Crippen molar-refractivity contribution in [3.63, 3.8) is 0 Å². The molecule has 1 heterocycles. The van der Waals surface area contributed by atoms with Gasteiger partial charge in [-0.2, -0.15) is 0 Å². The van der Waals surface area contributed by atoms with E-state index in [1.807, 2.05) is 0 Å². The third kappa shape index (κ3) is 3.24. The fourth-order valence-electron chi connectivity index (χ4n) is 2.16. The Morgan fingerprint density at radius 3 is 2.63 bits per heavy atom. The predicted molar refractivity (Wildman–Crippen MR) is 72.6 cm³/mol. The number of carboxylic acids is 1. The number of rotatable bonds is 3. The van der Waals surface area contributed by atoms with Crippen molar-refractivity contribution in [1.82, 2.24) is 5.32 Å². The molecule has 1 saturated heterocycles. The monoisotopic (exact) mass is 282 g/mol. The van der Waals surface area contributed by atoms with E-state index in [2.05, 4.69) is 10.6 Å². The van der Waals surface area contributed by atoms with Crippen molar-refractivity contribution in [3.05, 3.63) is 28.8 Å². The van der Waals surface area contributed by atoms with Crippen molar-refractivity contribution < 1.29 is 14.7 Å². The van der Waals surface area contributed by atoms with E-state index >= 15 is 0 Å². The van der Waals surface area contributed by atoms with Gasteiger partial charge in [-0.3, -0.25) is 4.79 Å². The summed E-state index contributed by atoms with van der Waals surface area (Å²) in [5.41, 5.74) is 0.190. The smallest absolute Gasteiger partial charge is 0.339 e. The Labute approximate surface area is 116 Å². The van der Waals surface area contributed by atoms with E-state index < -0.39 is 5.97 Å². The molecule has 0 radical (unpaired) electrons. The molecule has 0 bridgehead atoms. The lowest BCUT2D eigenvalue weighted by atomic mass is 9.97. The molecule has 2 rings (SSSR count). The summed E-state index contributed by atoms with van der Waals surface area (Å²) in [5.74, 6) is -1.38. The van der Waals surface area contributed by atoms with E-state index in [-0.39, 0.29) is 28.1 Å². The number of piperidine rings is 1. The summed E-state index contributed by atoms with van der Waals surface area (Å²) in [6, 6.07) is 4.66. The first kappa shape index (κ1) is 13.8. The zero-order valence-electron chi connectivity index (χ0n) is 10.3. The fourth-order valence-corrected chi connectivity index (χ4v) is 2.42. The molecule has 1 aromatic rings. The van der Waals surface area contributed by atoms with Gasteiger partial charge in [-0.15, -0.1) is 0 Å². The molecule has 0 atom stereocenters. The van der Waals surface area contributed by atoms with Gasteiger partial charge < -0.3 is 15.7 Å². The second-order valence-corrected chi connectivity index (χ2v) is 4.89. The van der Waals surface area contributed by atoms with Gasteiger partial charge in [0.2, 0.25) is 5.91 Å². The van der Waals surface area contributed by atoms with Gasteiger partial charge in [0.25, 0.3) is 0 Å². The lowest BCUT2D eigenvalue weighted by Gasteiger charge is -2.22. The van der Waals surface area contributed by atoms with Crippen LogP contribution in [0.4, 0.5) is 5.69 Å². The van der Waals surface area contributed by atoms with Crippen LogP contribution in [0.1, 0.15) is 23.2 Å². The lowest BCUT2D eigenvalue weighted by Crippen LogP contribution is -2.34. The highest BCUT2D eigenvalue weighted by atomic mass is 35.5. The number of halogens is 1. The molecule has 1 aliphatic rings. The molecule has 0 spiro atoms. The fraction of sp³-hybridized carbons (Fsp3) is 0.385. The lowest BCUT2D eigenvalue weighted by molar-refractivity contribution is -0.120. The molecule has 0 aliphatic carbocycles. The number of carboxylic acid groups (broad SMARTS) is 1. The van der Waals surface area contributed by atoms with Gasteiger partial charge in [0, 0.05) is 5.92 Å². The van der Waals surface area contributed by atoms with Gasteiger partial charge in [-0.05, 0) is 38.1 Å². The zero-order chi connectivity index (χ0) is 13.8. The molecule has 1 amide bonds. The van der Waals surface area contributed by atoms with E-state index in [1.165, 1.54) is 6.07 Å². The van der Waals surface area contributed by atoms with Crippen molar-refractivity contribution in [2.45, 2.75) is 12.8 Å². The maximum atomic E-state index is 12.1. The summed E-state index contributed by atoms with van der Waals surface area (Å²) in [6.07, 6.45) is 1.52. The Morgan fingerprint density at radius 2 is 2.00 bits per heavy atom. The van der Waals surface area contributed by atoms with Gasteiger partial charge in [0.15, 0.2) is 0 Å². The van der Waals surface area contributed by atoms with Crippen molar-refractivity contribution in [2.75, 3.05) is 18.4 Å². The van der Waals surface area contributed by atoms with E-state index in [1.54, 1.807) is 12.1 Å². The normalized spacial score (nSPS) is 16.1. The van der Waals surface area contributed by atoms with E-state index in [9.17, 15) is 9.59 Å². The summed E-state index contributed by atoms with van der Waals surface area (Å²) >= 11 is 5.85. The Balaban J connectivity index is 2.16. The predicted octanol–water partition coefficient (Wildman–Crippen LogP) is 1.98. The number of hydrogen-bond donors (Lipinski definition) is 3. The second kappa shape index (κ2) is 6.04. The minimum absolute atomic E-state index is 0.0635. The highest BCUT2D eigenvalue weighted by Gasteiger charge is 2.23. The standard InChI is InChI=1S/C13H15ClN2O3/c14-9-2-1-3-10(11(9)13(18)19)16-12(17)8-4-6-15-7-5-8/h1-3,8,15H,4-7H2,(H,16,17)(H,18,19). The van der Waals surface area contributed by atoms with Crippen LogP contribution >= 0.6 is 11.6 Å². The quantitative estimate of drug-likeness (QED) is 0.792. The average Bonchev–Trinajstić information content (AvgIpc) is 2.39. The van der Waals surface area contributed by atoms with Crippen LogP contribution in [0.15, 0.2) is 18.2 Å². The summed E-state index contributed by atoms with van der Waals surface area (Å²) < 4.78 is 0. The molecule has 102 valence electrons. The molecular formula is C13H15ClN2O3. The number of nitrogens with one attached hydrogen (secondary N) is 2. The van der Waals surface area contributed by atoms with E-state index in [4.69, 9.17) is 16.7 Å². The Hall–Kier alpha value is -1.59. The van der Waals surface area contributed by atoms with Crippen LogP contribution in [0.25, 0.3) is 0 Å². The molecule has 0 unspecified atom stereocenters. The summed E-state index contributed by atoms with van der Waals surface area (Å²) in [5, 5.41) is 15.1. The molecule has 1 fully saturated rings.